The van der Waals surface area contributed by atoms with Gasteiger partial charge in [0, 0.05) is 77.1 Å². The quantitative estimate of drug-likeness (QED) is 0.0607. The van der Waals surface area contributed by atoms with Gasteiger partial charge in [0.15, 0.2) is 17.3 Å². The van der Waals surface area contributed by atoms with Crippen molar-refractivity contribution >= 4 is 56.3 Å². The summed E-state index contributed by atoms with van der Waals surface area (Å²) in [6.45, 7) is 11.8. The molecular formula is C55H74F2N8O12S. The van der Waals surface area contributed by atoms with Crippen molar-refractivity contribution in [3.05, 3.63) is 65.0 Å². The SMILES string of the molecule is C[C@@H](C(=O)N[C@H](C(=O)N1CCN(C(=O)c2cc3c(OCCOCCOCCOCCOc4cc(CN5CCC(Oc6ccnc7ccsc67)CC5)on4)c(F)c(F)cc3n2C)CC1)C1CCCCC1)N(C)C(=O)OC(C)(C)C. The molecule has 4 amide bonds. The standard InChI is InChI=1S/C55H74F2N8O12S/c1-36(61(5)54(69)76-55(2,3)4)51(66)59-48(37-10-8-7-9-11-37)53(68)65-21-19-64(20-22-65)52(67)44-33-40-43(62(44)6)34-41(56)47(57)49(40)74-30-28-72-26-24-70-23-25-71-27-29-73-46-32-39(77-60-46)35-63-17-13-38(14-18-63)75-45-12-16-58-42-15-31-78-50(42)45/h12,15-16,31-34,36-38,48H,7-11,13-14,17-30,35H2,1-6H3,(H,59,66)/t36-,48-/m0/s1. The monoisotopic (exact) mass is 1110 g/mol. The summed E-state index contributed by atoms with van der Waals surface area (Å²) in [6.07, 6.45) is 7.59. The number of halogens is 2. The Morgan fingerprint density at radius 3 is 2.18 bits per heavy atom. The maximum absolute atomic E-state index is 15.3. The van der Waals surface area contributed by atoms with E-state index < -0.39 is 41.3 Å². The van der Waals surface area contributed by atoms with Crippen LogP contribution < -0.4 is 19.5 Å². The average molecular weight is 1110 g/mol. The number of amides is 4. The van der Waals surface area contributed by atoms with Crippen molar-refractivity contribution in [1.82, 2.24) is 39.6 Å². The van der Waals surface area contributed by atoms with Gasteiger partial charge in [-0.15, -0.1) is 11.3 Å². The van der Waals surface area contributed by atoms with E-state index in [1.54, 1.807) is 68.1 Å². The summed E-state index contributed by atoms with van der Waals surface area (Å²) in [4.78, 5) is 65.7. The van der Waals surface area contributed by atoms with E-state index in [0.29, 0.717) is 32.2 Å². The zero-order chi connectivity index (χ0) is 55.3. The van der Waals surface area contributed by atoms with Crippen molar-refractivity contribution in [2.75, 3.05) is 99.2 Å². The van der Waals surface area contributed by atoms with E-state index >= 15 is 4.39 Å². The second-order valence-corrected chi connectivity index (χ2v) is 21.9. The fraction of sp³-hybridized carbons (Fsp3) is 0.600. The predicted octanol–water partition coefficient (Wildman–Crippen LogP) is 7.21. The lowest BCUT2D eigenvalue weighted by molar-refractivity contribution is -0.140. The summed E-state index contributed by atoms with van der Waals surface area (Å²) >= 11 is 1.64. The number of hydrogen-bond donors (Lipinski definition) is 1. The van der Waals surface area contributed by atoms with Crippen molar-refractivity contribution in [3.8, 4) is 17.4 Å². The Kier molecular flexibility index (Phi) is 20.2. The van der Waals surface area contributed by atoms with Crippen molar-refractivity contribution in [2.24, 2.45) is 13.0 Å². The van der Waals surface area contributed by atoms with E-state index in [0.717, 1.165) is 85.8 Å². The molecule has 8 rings (SSSR count). The second-order valence-electron chi connectivity index (χ2n) is 21.0. The fourth-order valence-electron chi connectivity index (χ4n) is 9.92. The van der Waals surface area contributed by atoms with Gasteiger partial charge < -0.3 is 57.4 Å². The number of hydrogen-bond acceptors (Lipinski definition) is 16. The van der Waals surface area contributed by atoms with E-state index in [-0.39, 0.29) is 105 Å². The number of pyridine rings is 1. The van der Waals surface area contributed by atoms with Crippen LogP contribution in [0.1, 0.15) is 88.9 Å². The molecule has 1 aromatic carbocycles. The minimum absolute atomic E-state index is 0.0624. The average Bonchev–Trinajstić information content (AvgIpc) is 4.30. The molecule has 426 valence electrons. The minimum Gasteiger partial charge on any atom is -0.489 e. The Hall–Kier alpha value is -6.14. The van der Waals surface area contributed by atoms with Crippen LogP contribution >= 0.6 is 11.3 Å². The van der Waals surface area contributed by atoms with Crippen LogP contribution in [0, 0.1) is 17.6 Å². The maximum atomic E-state index is 15.3. The number of carbonyl (C=O) groups is 4. The lowest BCUT2D eigenvalue weighted by atomic mass is 9.83. The van der Waals surface area contributed by atoms with E-state index in [9.17, 15) is 23.6 Å². The molecule has 3 aliphatic rings. The smallest absolute Gasteiger partial charge is 0.410 e. The maximum Gasteiger partial charge on any atom is 0.410 e. The number of carbonyl (C=O) groups excluding carboxylic acids is 4. The van der Waals surface area contributed by atoms with Crippen LogP contribution in [-0.4, -0.2) is 181 Å². The van der Waals surface area contributed by atoms with Crippen molar-refractivity contribution < 1.29 is 65.6 Å². The lowest BCUT2D eigenvalue weighted by Gasteiger charge is -2.39. The number of rotatable bonds is 24. The zero-order valence-corrected chi connectivity index (χ0v) is 46.4. The summed E-state index contributed by atoms with van der Waals surface area (Å²) in [7, 11) is 3.09. The van der Waals surface area contributed by atoms with Gasteiger partial charge in [0.05, 0.1) is 61.9 Å². The van der Waals surface area contributed by atoms with Gasteiger partial charge in [0.1, 0.15) is 48.4 Å². The third-order valence-electron chi connectivity index (χ3n) is 14.4. The molecule has 1 saturated carbocycles. The van der Waals surface area contributed by atoms with Crippen molar-refractivity contribution in [1.29, 1.82) is 0 Å². The van der Waals surface area contributed by atoms with Gasteiger partial charge >= 0.3 is 6.09 Å². The minimum atomic E-state index is -1.18. The molecule has 1 N–H and O–H groups in total. The molecule has 0 bridgehead atoms. The number of ether oxygens (including phenoxy) is 7. The Morgan fingerprint density at radius 1 is 0.846 bits per heavy atom. The first kappa shape index (κ1) is 58.0. The molecule has 3 fully saturated rings. The molecule has 1 aliphatic carbocycles. The summed E-state index contributed by atoms with van der Waals surface area (Å²) in [5.74, 6) is -1.77. The molecule has 0 radical (unpaired) electrons. The largest absolute Gasteiger partial charge is 0.489 e. The number of piperidine rings is 1. The summed E-state index contributed by atoms with van der Waals surface area (Å²) in [6, 6.07) is 6.56. The van der Waals surface area contributed by atoms with Gasteiger partial charge in [0.2, 0.25) is 17.6 Å². The number of fused-ring (bicyclic) bond motifs is 2. The van der Waals surface area contributed by atoms with Gasteiger partial charge in [-0.25, -0.2) is 9.18 Å². The van der Waals surface area contributed by atoms with E-state index in [4.69, 9.17) is 37.7 Å². The Balaban J connectivity index is 0.705. The number of likely N-dealkylation sites (N-methyl/N-ethyl adjacent to an activating group) is 1. The number of likely N-dealkylation sites (tertiary alicyclic amines) is 1. The third-order valence-corrected chi connectivity index (χ3v) is 15.3. The first-order chi connectivity index (χ1) is 37.5. The highest BCUT2D eigenvalue weighted by atomic mass is 32.1. The second kappa shape index (κ2) is 27.2. The summed E-state index contributed by atoms with van der Waals surface area (Å²) in [5.41, 5.74) is 0.669. The molecule has 0 spiro atoms. The summed E-state index contributed by atoms with van der Waals surface area (Å²) in [5, 5.41) is 9.26. The van der Waals surface area contributed by atoms with Gasteiger partial charge in [-0.2, -0.15) is 4.39 Å². The van der Waals surface area contributed by atoms with Crippen molar-refractivity contribution in [3.63, 3.8) is 0 Å². The topological polar surface area (TPSA) is 202 Å². The Labute approximate surface area is 457 Å². The number of nitrogens with one attached hydrogen (secondary N) is 1. The molecule has 2 saturated heterocycles. The molecule has 23 heteroatoms. The number of benzene rings is 1. The number of aryl methyl sites for hydroxylation is 1. The van der Waals surface area contributed by atoms with Gasteiger partial charge in [-0.3, -0.25) is 29.2 Å². The third kappa shape index (κ3) is 15.2. The first-order valence-corrected chi connectivity index (χ1v) is 27.9. The molecule has 5 aromatic rings. The number of aromatic nitrogens is 3. The van der Waals surface area contributed by atoms with Crippen LogP contribution in [0.25, 0.3) is 21.1 Å². The highest BCUT2D eigenvalue weighted by Crippen LogP contribution is 2.35. The highest BCUT2D eigenvalue weighted by molar-refractivity contribution is 7.17. The van der Waals surface area contributed by atoms with Crippen LogP contribution in [0.5, 0.6) is 17.4 Å². The van der Waals surface area contributed by atoms with Crippen molar-refractivity contribution in [2.45, 2.75) is 103 Å². The molecule has 2 atom stereocenters. The van der Waals surface area contributed by atoms with E-state index in [1.807, 2.05) is 17.5 Å². The van der Waals surface area contributed by atoms with Crippen LogP contribution in [0.3, 0.4) is 0 Å². The zero-order valence-electron chi connectivity index (χ0n) is 45.6. The lowest BCUT2D eigenvalue weighted by Crippen LogP contribution is -2.59. The van der Waals surface area contributed by atoms with Gasteiger partial charge in [-0.1, -0.05) is 19.3 Å². The fourth-order valence-corrected chi connectivity index (χ4v) is 10.7. The van der Waals surface area contributed by atoms with Crippen LogP contribution in [0.15, 0.2) is 46.4 Å². The Bertz CT molecular complexity index is 2800. The molecule has 2 aliphatic heterocycles. The number of piperazine rings is 1. The molecular weight excluding hydrogens is 1030 g/mol. The van der Waals surface area contributed by atoms with Crippen LogP contribution in [-0.2, 0) is 42.1 Å². The van der Waals surface area contributed by atoms with Gasteiger partial charge in [0.25, 0.3) is 11.8 Å². The Morgan fingerprint density at radius 2 is 1.50 bits per heavy atom. The molecule has 4 aromatic heterocycles. The highest BCUT2D eigenvalue weighted by Gasteiger charge is 2.38. The van der Waals surface area contributed by atoms with E-state index in [2.05, 4.69) is 20.4 Å². The number of thiophene rings is 1. The van der Waals surface area contributed by atoms with Crippen LogP contribution in [0.2, 0.25) is 0 Å². The number of nitrogens with zero attached hydrogens (tertiary/aromatic N) is 7. The van der Waals surface area contributed by atoms with Gasteiger partial charge in [-0.05, 0) is 88.0 Å². The first-order valence-electron chi connectivity index (χ1n) is 27.0. The molecule has 6 heterocycles. The van der Waals surface area contributed by atoms with E-state index in [1.165, 1.54) is 22.6 Å². The molecule has 20 nitrogen and oxygen atoms in total. The molecule has 0 unspecified atom stereocenters. The molecule has 78 heavy (non-hydrogen) atoms. The van der Waals surface area contributed by atoms with Crippen LogP contribution in [0.4, 0.5) is 13.6 Å². The predicted molar refractivity (Wildman–Crippen MR) is 286 cm³/mol. The summed E-state index contributed by atoms with van der Waals surface area (Å²) < 4.78 is 78.4. The normalized spacial score (nSPS) is 16.8.